The summed E-state index contributed by atoms with van der Waals surface area (Å²) in [5.41, 5.74) is 1.15. The first kappa shape index (κ1) is 25.2. The molecule has 0 aliphatic rings. The van der Waals surface area contributed by atoms with Crippen molar-refractivity contribution in [3.8, 4) is 11.3 Å². The summed E-state index contributed by atoms with van der Waals surface area (Å²) in [6, 6.07) is 1.21. The molecule has 2 aromatic heterocycles. The first-order valence-corrected chi connectivity index (χ1v) is 11.1. The normalized spacial score (nSPS) is 12.4. The fourth-order valence-corrected chi connectivity index (χ4v) is 3.66. The Balaban J connectivity index is 2.44. The number of nitrogens with zero attached hydrogens (tertiary/aromatic N) is 4. The van der Waals surface area contributed by atoms with Gasteiger partial charge in [0.25, 0.3) is 0 Å². The van der Waals surface area contributed by atoms with E-state index in [1.54, 1.807) is 11.1 Å². The van der Waals surface area contributed by atoms with Gasteiger partial charge in [0, 0.05) is 37.0 Å². The van der Waals surface area contributed by atoms with Crippen LogP contribution in [0.5, 0.6) is 0 Å². The van der Waals surface area contributed by atoms with Crippen LogP contribution in [0.3, 0.4) is 0 Å². The molecule has 0 saturated carbocycles. The molecule has 2 aromatic rings. The predicted molar refractivity (Wildman–Crippen MR) is 120 cm³/mol. The van der Waals surface area contributed by atoms with Gasteiger partial charge in [-0.05, 0) is 37.9 Å². The standard InChI is InChI=1S/C23H36F3N5/c1-7-8-9-30(6)15-19-12-28-29-21(19)18-10-20(23(24,25)26)22(27-11-18)31(13-16(2)3)14-17(4)5/h10-12,16-17H,7-9,13-15H2,1-6H3,(H,28,29). The van der Waals surface area contributed by atoms with E-state index in [0.717, 1.165) is 24.9 Å². The van der Waals surface area contributed by atoms with Crippen LogP contribution in [0, 0.1) is 11.8 Å². The monoisotopic (exact) mass is 439 g/mol. The number of alkyl halides is 3. The van der Waals surface area contributed by atoms with Crippen molar-refractivity contribution in [3.63, 3.8) is 0 Å². The average molecular weight is 440 g/mol. The third kappa shape index (κ3) is 7.23. The van der Waals surface area contributed by atoms with E-state index < -0.39 is 11.7 Å². The first-order chi connectivity index (χ1) is 14.5. The summed E-state index contributed by atoms with van der Waals surface area (Å²) >= 11 is 0. The molecule has 5 nitrogen and oxygen atoms in total. The van der Waals surface area contributed by atoms with Gasteiger partial charge in [-0.1, -0.05) is 41.0 Å². The summed E-state index contributed by atoms with van der Waals surface area (Å²) in [6.45, 7) is 12.7. The third-order valence-electron chi connectivity index (χ3n) is 4.98. The molecule has 31 heavy (non-hydrogen) atoms. The van der Waals surface area contributed by atoms with Crippen molar-refractivity contribution in [1.29, 1.82) is 0 Å². The van der Waals surface area contributed by atoms with Crippen molar-refractivity contribution < 1.29 is 13.2 Å². The van der Waals surface area contributed by atoms with Crippen LogP contribution in [0.15, 0.2) is 18.5 Å². The minimum atomic E-state index is -4.50. The predicted octanol–water partition coefficient (Wildman–Crippen LogP) is 5.84. The number of halogens is 3. The quantitative estimate of drug-likeness (QED) is 0.478. The lowest BCUT2D eigenvalue weighted by atomic mass is 10.1. The Bertz CT molecular complexity index is 804. The van der Waals surface area contributed by atoms with Crippen LogP contribution >= 0.6 is 0 Å². The van der Waals surface area contributed by atoms with E-state index in [1.165, 1.54) is 12.3 Å². The molecule has 0 amide bonds. The molecule has 2 heterocycles. The zero-order chi connectivity index (χ0) is 23.2. The molecule has 0 aliphatic carbocycles. The van der Waals surface area contributed by atoms with Gasteiger partial charge in [-0.25, -0.2) is 4.98 Å². The number of nitrogens with one attached hydrogen (secondary N) is 1. The summed E-state index contributed by atoms with van der Waals surface area (Å²) in [6.07, 6.45) is 0.874. The van der Waals surface area contributed by atoms with Crippen LogP contribution in [0.1, 0.15) is 58.6 Å². The number of hydrogen-bond donors (Lipinski definition) is 1. The van der Waals surface area contributed by atoms with Gasteiger partial charge >= 0.3 is 6.18 Å². The summed E-state index contributed by atoms with van der Waals surface area (Å²) < 4.78 is 42.2. The minimum Gasteiger partial charge on any atom is -0.356 e. The second-order valence-electron chi connectivity index (χ2n) is 9.15. The number of hydrogen-bond acceptors (Lipinski definition) is 4. The number of rotatable bonds is 11. The van der Waals surface area contributed by atoms with Gasteiger partial charge in [0.05, 0.1) is 17.5 Å². The Kier molecular flexibility index (Phi) is 8.91. The van der Waals surface area contributed by atoms with Gasteiger partial charge in [0.15, 0.2) is 0 Å². The smallest absolute Gasteiger partial charge is 0.356 e. The summed E-state index contributed by atoms with van der Waals surface area (Å²) in [7, 11) is 2.00. The van der Waals surface area contributed by atoms with Gasteiger partial charge in [0.1, 0.15) is 5.82 Å². The van der Waals surface area contributed by atoms with Gasteiger partial charge in [-0.3, -0.25) is 5.10 Å². The van der Waals surface area contributed by atoms with E-state index in [-0.39, 0.29) is 17.7 Å². The number of pyridine rings is 1. The molecule has 0 spiro atoms. The summed E-state index contributed by atoms with van der Waals surface area (Å²) in [4.78, 5) is 8.23. The van der Waals surface area contributed by atoms with Crippen LogP contribution in [-0.4, -0.2) is 46.8 Å². The molecule has 0 aliphatic heterocycles. The Morgan fingerprint density at radius 1 is 1.06 bits per heavy atom. The molecule has 0 fully saturated rings. The number of unbranched alkanes of at least 4 members (excludes halogenated alkanes) is 1. The molecule has 0 saturated heterocycles. The number of aromatic nitrogens is 3. The Morgan fingerprint density at radius 3 is 2.26 bits per heavy atom. The third-order valence-corrected chi connectivity index (χ3v) is 4.98. The maximum atomic E-state index is 14.1. The van der Waals surface area contributed by atoms with E-state index in [2.05, 4.69) is 27.0 Å². The zero-order valence-corrected chi connectivity index (χ0v) is 19.6. The molecular formula is C23H36F3N5. The Morgan fingerprint density at radius 2 is 1.71 bits per heavy atom. The van der Waals surface area contributed by atoms with Gasteiger partial charge in [-0.2, -0.15) is 18.3 Å². The van der Waals surface area contributed by atoms with Crippen LogP contribution < -0.4 is 4.90 Å². The van der Waals surface area contributed by atoms with Crippen LogP contribution in [0.4, 0.5) is 19.0 Å². The number of aromatic amines is 1. The van der Waals surface area contributed by atoms with Crippen molar-refractivity contribution in [2.45, 2.75) is 60.2 Å². The van der Waals surface area contributed by atoms with E-state index in [9.17, 15) is 13.2 Å². The highest BCUT2D eigenvalue weighted by atomic mass is 19.4. The van der Waals surface area contributed by atoms with Crippen molar-refractivity contribution in [2.75, 3.05) is 31.6 Å². The largest absolute Gasteiger partial charge is 0.419 e. The van der Waals surface area contributed by atoms with Gasteiger partial charge in [-0.15, -0.1) is 0 Å². The average Bonchev–Trinajstić information content (AvgIpc) is 3.12. The minimum absolute atomic E-state index is 0.000204. The molecule has 0 radical (unpaired) electrons. The van der Waals surface area contributed by atoms with E-state index in [4.69, 9.17) is 0 Å². The van der Waals surface area contributed by atoms with Gasteiger partial charge < -0.3 is 9.80 Å². The molecule has 0 unspecified atom stereocenters. The maximum Gasteiger partial charge on any atom is 0.419 e. The van der Waals surface area contributed by atoms with Crippen molar-refractivity contribution >= 4 is 5.82 Å². The highest BCUT2D eigenvalue weighted by Gasteiger charge is 2.37. The van der Waals surface area contributed by atoms with E-state index in [1.807, 2.05) is 34.7 Å². The lowest BCUT2D eigenvalue weighted by molar-refractivity contribution is -0.137. The SMILES string of the molecule is CCCCN(C)Cc1cn[nH]c1-c1cnc(N(CC(C)C)CC(C)C)c(C(F)(F)F)c1. The molecule has 0 bridgehead atoms. The maximum absolute atomic E-state index is 14.1. The number of H-pyrrole nitrogens is 1. The fraction of sp³-hybridized carbons (Fsp3) is 0.652. The van der Waals surface area contributed by atoms with E-state index in [0.29, 0.717) is 30.9 Å². The van der Waals surface area contributed by atoms with Crippen molar-refractivity contribution in [2.24, 2.45) is 11.8 Å². The second-order valence-corrected chi connectivity index (χ2v) is 9.15. The summed E-state index contributed by atoms with van der Waals surface area (Å²) in [5, 5.41) is 6.97. The van der Waals surface area contributed by atoms with Crippen molar-refractivity contribution in [3.05, 3.63) is 29.6 Å². The Hall–Kier alpha value is -2.09. The highest BCUT2D eigenvalue weighted by Crippen LogP contribution is 2.38. The highest BCUT2D eigenvalue weighted by molar-refractivity contribution is 5.66. The zero-order valence-electron chi connectivity index (χ0n) is 19.6. The molecule has 2 rings (SSSR count). The fourth-order valence-electron chi connectivity index (χ4n) is 3.66. The Labute approximate surface area is 184 Å². The van der Waals surface area contributed by atoms with Crippen LogP contribution in [0.25, 0.3) is 11.3 Å². The molecule has 0 atom stereocenters. The van der Waals surface area contributed by atoms with Gasteiger partial charge in [0.2, 0.25) is 0 Å². The molecular weight excluding hydrogens is 403 g/mol. The lowest BCUT2D eigenvalue weighted by Gasteiger charge is -2.30. The summed E-state index contributed by atoms with van der Waals surface area (Å²) in [5.74, 6) is 0.443. The lowest BCUT2D eigenvalue weighted by Crippen LogP contribution is -2.33. The van der Waals surface area contributed by atoms with Crippen LogP contribution in [0.2, 0.25) is 0 Å². The van der Waals surface area contributed by atoms with Crippen LogP contribution in [-0.2, 0) is 12.7 Å². The van der Waals surface area contributed by atoms with Crippen molar-refractivity contribution in [1.82, 2.24) is 20.1 Å². The second kappa shape index (κ2) is 11.0. The molecule has 8 heteroatoms. The topological polar surface area (TPSA) is 48.1 Å². The molecule has 1 N–H and O–H groups in total. The number of anilines is 1. The van der Waals surface area contributed by atoms with E-state index >= 15 is 0 Å². The molecule has 174 valence electrons. The molecule has 0 aromatic carbocycles. The first-order valence-electron chi connectivity index (χ1n) is 11.1.